The Labute approximate surface area is 113 Å². The number of benzene rings is 2. The molecule has 0 unspecified atom stereocenters. The first-order chi connectivity index (χ1) is 9.16. The summed E-state index contributed by atoms with van der Waals surface area (Å²) in [5.41, 5.74) is 1.34. The van der Waals surface area contributed by atoms with Gasteiger partial charge in [-0.3, -0.25) is 9.69 Å². The van der Waals surface area contributed by atoms with Crippen molar-refractivity contribution in [3.8, 4) is 0 Å². The van der Waals surface area contributed by atoms with Crippen LogP contribution >= 0.6 is 0 Å². The number of hydrogen-bond acceptors (Lipinski definition) is 2. The van der Waals surface area contributed by atoms with E-state index in [1.54, 1.807) is 0 Å². The summed E-state index contributed by atoms with van der Waals surface area (Å²) < 4.78 is 0. The van der Waals surface area contributed by atoms with Crippen LogP contribution in [0.4, 0.5) is 0 Å². The number of rotatable bonds is 6. The molecular formula is C16H19NO2. The molecule has 2 aromatic carbocycles. The quantitative estimate of drug-likeness (QED) is 0.865. The third-order valence-corrected chi connectivity index (χ3v) is 3.27. The summed E-state index contributed by atoms with van der Waals surface area (Å²) in [6.45, 7) is 0.908. The number of aliphatic carboxylic acids is 1. The van der Waals surface area contributed by atoms with Crippen molar-refractivity contribution in [3.63, 3.8) is 0 Å². The van der Waals surface area contributed by atoms with Crippen molar-refractivity contribution < 1.29 is 9.90 Å². The summed E-state index contributed by atoms with van der Waals surface area (Å²) in [7, 11) is 1.84. The molecule has 3 heteroatoms. The fourth-order valence-electron chi connectivity index (χ4n) is 2.36. The maximum atomic E-state index is 10.6. The van der Waals surface area contributed by atoms with E-state index in [2.05, 4.69) is 36.4 Å². The minimum atomic E-state index is -0.771. The Morgan fingerprint density at radius 2 is 1.89 bits per heavy atom. The van der Waals surface area contributed by atoms with Gasteiger partial charge >= 0.3 is 5.97 Å². The van der Waals surface area contributed by atoms with Crippen LogP contribution in [0.5, 0.6) is 0 Å². The fraction of sp³-hybridized carbons (Fsp3) is 0.312. The van der Waals surface area contributed by atoms with E-state index in [-0.39, 0.29) is 6.54 Å². The van der Waals surface area contributed by atoms with E-state index in [0.717, 1.165) is 19.4 Å². The minimum absolute atomic E-state index is 0.107. The van der Waals surface area contributed by atoms with E-state index in [4.69, 9.17) is 5.11 Å². The predicted octanol–water partition coefficient (Wildman–Crippen LogP) is 2.79. The largest absolute Gasteiger partial charge is 0.480 e. The second-order valence-electron chi connectivity index (χ2n) is 4.87. The minimum Gasteiger partial charge on any atom is -0.480 e. The smallest absolute Gasteiger partial charge is 0.317 e. The van der Waals surface area contributed by atoms with Crippen LogP contribution in [0, 0.1) is 0 Å². The number of aryl methyl sites for hydroxylation is 1. The zero-order valence-corrected chi connectivity index (χ0v) is 11.2. The fourth-order valence-corrected chi connectivity index (χ4v) is 2.36. The lowest BCUT2D eigenvalue weighted by Gasteiger charge is -2.14. The van der Waals surface area contributed by atoms with Gasteiger partial charge in [0.05, 0.1) is 6.54 Å². The standard InChI is InChI=1S/C16H19NO2/c1-17(12-16(18)19)11-5-9-14-8-4-7-13-6-2-3-10-15(13)14/h2-4,6-8,10H,5,9,11-12H2,1H3,(H,18,19). The molecule has 0 atom stereocenters. The SMILES string of the molecule is CN(CCCc1cccc2ccccc12)CC(=O)O. The lowest BCUT2D eigenvalue weighted by atomic mass is 10.0. The summed E-state index contributed by atoms with van der Waals surface area (Å²) in [5.74, 6) is -0.771. The van der Waals surface area contributed by atoms with Crippen molar-refractivity contribution in [1.29, 1.82) is 0 Å². The van der Waals surface area contributed by atoms with E-state index in [1.807, 2.05) is 18.0 Å². The molecule has 0 saturated carbocycles. The molecule has 0 spiro atoms. The summed E-state index contributed by atoms with van der Waals surface area (Å²) >= 11 is 0. The summed E-state index contributed by atoms with van der Waals surface area (Å²) in [6, 6.07) is 14.7. The van der Waals surface area contributed by atoms with Crippen LogP contribution in [0.15, 0.2) is 42.5 Å². The van der Waals surface area contributed by atoms with Crippen molar-refractivity contribution in [3.05, 3.63) is 48.0 Å². The number of nitrogens with zero attached hydrogens (tertiary/aromatic N) is 1. The molecule has 0 fully saturated rings. The Hall–Kier alpha value is -1.87. The lowest BCUT2D eigenvalue weighted by molar-refractivity contribution is -0.137. The van der Waals surface area contributed by atoms with Crippen LogP contribution in [-0.2, 0) is 11.2 Å². The van der Waals surface area contributed by atoms with Crippen molar-refractivity contribution in [2.24, 2.45) is 0 Å². The molecule has 100 valence electrons. The van der Waals surface area contributed by atoms with Gasteiger partial charge in [-0.05, 0) is 42.8 Å². The monoisotopic (exact) mass is 257 g/mol. The summed E-state index contributed by atoms with van der Waals surface area (Å²) in [6.07, 6.45) is 1.95. The molecule has 3 nitrogen and oxygen atoms in total. The average molecular weight is 257 g/mol. The number of hydrogen-bond donors (Lipinski definition) is 1. The van der Waals surface area contributed by atoms with Crippen LogP contribution < -0.4 is 0 Å². The molecule has 0 saturated heterocycles. The van der Waals surface area contributed by atoms with Crippen LogP contribution in [0.1, 0.15) is 12.0 Å². The van der Waals surface area contributed by atoms with Gasteiger partial charge in [-0.2, -0.15) is 0 Å². The summed E-state index contributed by atoms with van der Waals surface area (Å²) in [5, 5.41) is 11.3. The number of carbonyl (C=O) groups is 1. The van der Waals surface area contributed by atoms with E-state index in [1.165, 1.54) is 16.3 Å². The first-order valence-electron chi connectivity index (χ1n) is 6.54. The lowest BCUT2D eigenvalue weighted by Crippen LogP contribution is -2.26. The van der Waals surface area contributed by atoms with Gasteiger partial charge in [0, 0.05) is 0 Å². The normalized spacial score (nSPS) is 11.1. The molecular weight excluding hydrogens is 238 g/mol. The molecule has 0 heterocycles. The summed E-state index contributed by atoms with van der Waals surface area (Å²) in [4.78, 5) is 12.4. The van der Waals surface area contributed by atoms with E-state index in [9.17, 15) is 4.79 Å². The number of carboxylic acid groups (broad SMARTS) is 1. The first-order valence-corrected chi connectivity index (χ1v) is 6.54. The second kappa shape index (κ2) is 6.34. The van der Waals surface area contributed by atoms with Gasteiger partial charge in [0.1, 0.15) is 0 Å². The maximum absolute atomic E-state index is 10.6. The first kappa shape index (κ1) is 13.6. The second-order valence-corrected chi connectivity index (χ2v) is 4.87. The van der Waals surface area contributed by atoms with E-state index in [0.29, 0.717) is 0 Å². The molecule has 0 bridgehead atoms. The van der Waals surface area contributed by atoms with Gasteiger partial charge in [0.15, 0.2) is 0 Å². The van der Waals surface area contributed by atoms with Crippen molar-refractivity contribution in [2.45, 2.75) is 12.8 Å². The molecule has 2 rings (SSSR count). The zero-order chi connectivity index (χ0) is 13.7. The van der Waals surface area contributed by atoms with Crippen molar-refractivity contribution in [2.75, 3.05) is 20.1 Å². The molecule has 0 aromatic heterocycles. The van der Waals surface area contributed by atoms with Gasteiger partial charge in [0.2, 0.25) is 0 Å². The molecule has 0 amide bonds. The topological polar surface area (TPSA) is 40.5 Å². The Kier molecular flexibility index (Phi) is 4.53. The average Bonchev–Trinajstić information content (AvgIpc) is 2.38. The van der Waals surface area contributed by atoms with Crippen LogP contribution in [0.3, 0.4) is 0 Å². The molecule has 0 aliphatic carbocycles. The molecule has 0 aliphatic heterocycles. The molecule has 0 aliphatic rings. The van der Waals surface area contributed by atoms with E-state index < -0.39 is 5.97 Å². The Morgan fingerprint density at radius 1 is 1.16 bits per heavy atom. The Bertz CT molecular complexity index is 560. The molecule has 1 N–H and O–H groups in total. The molecule has 2 aromatic rings. The number of likely N-dealkylation sites (N-methyl/N-ethyl adjacent to an activating group) is 1. The van der Waals surface area contributed by atoms with Gasteiger partial charge in [-0.1, -0.05) is 42.5 Å². The predicted molar refractivity (Wildman–Crippen MR) is 77.4 cm³/mol. The zero-order valence-electron chi connectivity index (χ0n) is 11.2. The highest BCUT2D eigenvalue weighted by atomic mass is 16.4. The Balaban J connectivity index is 1.97. The third kappa shape index (κ3) is 3.80. The van der Waals surface area contributed by atoms with Crippen LogP contribution in [0.2, 0.25) is 0 Å². The van der Waals surface area contributed by atoms with Crippen LogP contribution in [-0.4, -0.2) is 36.1 Å². The van der Waals surface area contributed by atoms with Gasteiger partial charge in [-0.15, -0.1) is 0 Å². The number of carboxylic acids is 1. The number of fused-ring (bicyclic) bond motifs is 1. The molecule has 19 heavy (non-hydrogen) atoms. The van der Waals surface area contributed by atoms with Gasteiger partial charge in [0.25, 0.3) is 0 Å². The van der Waals surface area contributed by atoms with E-state index >= 15 is 0 Å². The van der Waals surface area contributed by atoms with Crippen molar-refractivity contribution in [1.82, 2.24) is 4.90 Å². The Morgan fingerprint density at radius 3 is 2.68 bits per heavy atom. The van der Waals surface area contributed by atoms with Crippen LogP contribution in [0.25, 0.3) is 10.8 Å². The highest BCUT2D eigenvalue weighted by Crippen LogP contribution is 2.19. The molecule has 0 radical (unpaired) electrons. The van der Waals surface area contributed by atoms with Crippen molar-refractivity contribution >= 4 is 16.7 Å². The third-order valence-electron chi connectivity index (χ3n) is 3.27. The van der Waals surface area contributed by atoms with Gasteiger partial charge in [-0.25, -0.2) is 0 Å². The maximum Gasteiger partial charge on any atom is 0.317 e. The van der Waals surface area contributed by atoms with Gasteiger partial charge < -0.3 is 5.11 Å². The highest BCUT2D eigenvalue weighted by Gasteiger charge is 2.05. The highest BCUT2D eigenvalue weighted by molar-refractivity contribution is 5.85.